The molecule has 1 unspecified atom stereocenters. The zero-order valence-corrected chi connectivity index (χ0v) is 14.2. The lowest BCUT2D eigenvalue weighted by Gasteiger charge is -2.17. The Labute approximate surface area is 140 Å². The zero-order chi connectivity index (χ0) is 17.2. The van der Waals surface area contributed by atoms with Crippen molar-refractivity contribution in [2.75, 3.05) is 7.11 Å². The minimum Gasteiger partial charge on any atom is -0.497 e. The highest BCUT2D eigenvalue weighted by Crippen LogP contribution is 2.25. The van der Waals surface area contributed by atoms with Gasteiger partial charge in [-0.05, 0) is 24.1 Å². The van der Waals surface area contributed by atoms with Crippen molar-refractivity contribution in [1.29, 1.82) is 0 Å². The lowest BCUT2D eigenvalue weighted by atomic mass is 10.1. The van der Waals surface area contributed by atoms with Gasteiger partial charge in [0.1, 0.15) is 22.6 Å². The third-order valence-corrected chi connectivity index (χ3v) is 5.34. The predicted molar refractivity (Wildman–Crippen MR) is 90.2 cm³/mol. The lowest BCUT2D eigenvalue weighted by molar-refractivity contribution is 0.414. The van der Waals surface area contributed by atoms with Gasteiger partial charge in [-0.3, -0.25) is 0 Å². The fourth-order valence-corrected chi connectivity index (χ4v) is 3.99. The molecule has 126 valence electrons. The molecule has 3 aromatic rings. The van der Waals surface area contributed by atoms with E-state index in [-0.39, 0.29) is 10.9 Å². The van der Waals surface area contributed by atoms with Gasteiger partial charge in [0.25, 0.3) is 0 Å². The van der Waals surface area contributed by atoms with Crippen molar-refractivity contribution < 1.29 is 13.2 Å². The number of fused-ring (bicyclic) bond motifs is 1. The van der Waals surface area contributed by atoms with Crippen LogP contribution in [0.4, 0.5) is 0 Å². The topological polar surface area (TPSA) is 97.0 Å². The Morgan fingerprint density at radius 1 is 1.29 bits per heavy atom. The summed E-state index contributed by atoms with van der Waals surface area (Å²) in [6.07, 6.45) is 4.91. The van der Waals surface area contributed by atoms with Crippen molar-refractivity contribution in [1.82, 2.24) is 19.7 Å². The van der Waals surface area contributed by atoms with Crippen LogP contribution in [0.15, 0.2) is 47.9 Å². The van der Waals surface area contributed by atoms with Crippen LogP contribution in [0.3, 0.4) is 0 Å². The summed E-state index contributed by atoms with van der Waals surface area (Å²) in [4.78, 5) is 10.9. The molecule has 0 bridgehead atoms. The number of H-pyrrole nitrogens is 1. The van der Waals surface area contributed by atoms with Crippen LogP contribution in [0.5, 0.6) is 5.75 Å². The molecule has 24 heavy (non-hydrogen) atoms. The quantitative estimate of drug-likeness (QED) is 0.714. The van der Waals surface area contributed by atoms with Crippen LogP contribution >= 0.6 is 0 Å². The Bertz CT molecular complexity index is 935. The molecule has 0 saturated carbocycles. The van der Waals surface area contributed by atoms with Crippen LogP contribution < -0.4 is 9.46 Å². The minimum atomic E-state index is -3.71. The van der Waals surface area contributed by atoms with E-state index in [0.717, 1.165) is 11.3 Å². The van der Waals surface area contributed by atoms with Crippen LogP contribution in [0.2, 0.25) is 0 Å². The average Bonchev–Trinajstić information content (AvgIpc) is 3.05. The molecule has 2 aromatic heterocycles. The van der Waals surface area contributed by atoms with Gasteiger partial charge < -0.3 is 9.72 Å². The molecule has 7 nitrogen and oxygen atoms in total. The second-order valence-electron chi connectivity index (χ2n) is 5.29. The first-order valence-corrected chi connectivity index (χ1v) is 8.97. The summed E-state index contributed by atoms with van der Waals surface area (Å²) in [6, 6.07) is 7.00. The van der Waals surface area contributed by atoms with E-state index in [4.69, 9.17) is 4.74 Å². The van der Waals surface area contributed by atoms with Gasteiger partial charge in [-0.1, -0.05) is 19.1 Å². The van der Waals surface area contributed by atoms with Crippen molar-refractivity contribution in [3.8, 4) is 5.75 Å². The molecule has 0 fully saturated rings. The predicted octanol–water partition coefficient (Wildman–Crippen LogP) is 2.40. The molecule has 0 amide bonds. The van der Waals surface area contributed by atoms with Gasteiger partial charge >= 0.3 is 0 Å². The Hall–Kier alpha value is -2.45. The number of methoxy groups -OCH3 is 1. The number of benzene rings is 1. The molecule has 1 atom stereocenters. The van der Waals surface area contributed by atoms with Gasteiger partial charge in [0, 0.05) is 18.4 Å². The molecule has 1 aromatic carbocycles. The molecule has 0 aliphatic rings. The molecule has 0 radical (unpaired) electrons. The number of ether oxygens (including phenoxy) is 1. The maximum Gasteiger partial charge on any atom is 0.243 e. The van der Waals surface area contributed by atoms with Gasteiger partial charge in [-0.15, -0.1) is 0 Å². The third-order valence-electron chi connectivity index (χ3n) is 3.83. The average molecular weight is 346 g/mol. The van der Waals surface area contributed by atoms with E-state index in [9.17, 15) is 8.42 Å². The molecule has 2 heterocycles. The standard InChI is InChI=1S/C16H18N4O3S/c1-3-14(11-4-6-12(23-2)7-5-11)20-24(21,22)15-9-18-16-13(15)8-17-10-19-16/h4-10,14,20H,3H2,1-2H3,(H,17,18,19). The Morgan fingerprint density at radius 3 is 2.71 bits per heavy atom. The Morgan fingerprint density at radius 2 is 2.04 bits per heavy atom. The van der Waals surface area contributed by atoms with E-state index in [2.05, 4.69) is 19.7 Å². The second-order valence-corrected chi connectivity index (χ2v) is 6.98. The molecular formula is C16H18N4O3S. The highest BCUT2D eigenvalue weighted by atomic mass is 32.2. The van der Waals surface area contributed by atoms with Crippen molar-refractivity contribution in [2.45, 2.75) is 24.3 Å². The maximum atomic E-state index is 12.8. The van der Waals surface area contributed by atoms with E-state index >= 15 is 0 Å². The number of hydrogen-bond donors (Lipinski definition) is 2. The highest BCUT2D eigenvalue weighted by molar-refractivity contribution is 7.89. The van der Waals surface area contributed by atoms with Crippen LogP contribution in [0.1, 0.15) is 24.9 Å². The van der Waals surface area contributed by atoms with Crippen molar-refractivity contribution in [3.63, 3.8) is 0 Å². The highest BCUT2D eigenvalue weighted by Gasteiger charge is 2.23. The Balaban J connectivity index is 1.91. The fourth-order valence-electron chi connectivity index (χ4n) is 2.53. The van der Waals surface area contributed by atoms with E-state index in [1.54, 1.807) is 7.11 Å². The monoisotopic (exact) mass is 346 g/mol. The van der Waals surface area contributed by atoms with E-state index in [1.807, 2.05) is 31.2 Å². The smallest absolute Gasteiger partial charge is 0.243 e. The summed E-state index contributed by atoms with van der Waals surface area (Å²) in [5, 5.41) is 0.467. The van der Waals surface area contributed by atoms with Crippen LogP contribution in [-0.4, -0.2) is 30.5 Å². The number of aromatic nitrogens is 3. The fraction of sp³-hybridized carbons (Fsp3) is 0.250. The summed E-state index contributed by atoms with van der Waals surface area (Å²) in [5.41, 5.74) is 1.36. The van der Waals surface area contributed by atoms with Crippen molar-refractivity contribution in [3.05, 3.63) is 48.5 Å². The lowest BCUT2D eigenvalue weighted by Crippen LogP contribution is -2.28. The van der Waals surface area contributed by atoms with Gasteiger partial charge in [-0.2, -0.15) is 0 Å². The number of nitrogens with zero attached hydrogens (tertiary/aromatic N) is 2. The summed E-state index contributed by atoms with van der Waals surface area (Å²) in [6.45, 7) is 1.93. The number of rotatable bonds is 6. The Kier molecular flexibility index (Phi) is 4.50. The summed E-state index contributed by atoms with van der Waals surface area (Å²) in [5.74, 6) is 0.727. The van der Waals surface area contributed by atoms with Crippen LogP contribution in [-0.2, 0) is 10.0 Å². The SMILES string of the molecule is CCC(NS(=O)(=O)c1c[nH]c2ncncc12)c1ccc(OC)cc1. The van der Waals surface area contributed by atoms with Gasteiger partial charge in [0.15, 0.2) is 0 Å². The van der Waals surface area contributed by atoms with Crippen LogP contribution in [0, 0.1) is 0 Å². The first kappa shape index (κ1) is 16.4. The number of nitrogens with one attached hydrogen (secondary N) is 2. The first-order chi connectivity index (χ1) is 11.5. The van der Waals surface area contributed by atoms with Crippen molar-refractivity contribution >= 4 is 21.1 Å². The normalized spacial score (nSPS) is 13.1. The van der Waals surface area contributed by atoms with E-state index in [1.165, 1.54) is 18.7 Å². The minimum absolute atomic E-state index is 0.144. The van der Waals surface area contributed by atoms with Gasteiger partial charge in [0.2, 0.25) is 10.0 Å². The molecule has 0 aliphatic heterocycles. The largest absolute Gasteiger partial charge is 0.497 e. The maximum absolute atomic E-state index is 12.8. The molecule has 8 heteroatoms. The van der Waals surface area contributed by atoms with E-state index < -0.39 is 10.0 Å². The van der Waals surface area contributed by atoms with E-state index in [0.29, 0.717) is 17.5 Å². The van der Waals surface area contributed by atoms with Gasteiger partial charge in [0.05, 0.1) is 12.5 Å². The number of sulfonamides is 1. The van der Waals surface area contributed by atoms with Crippen molar-refractivity contribution in [2.24, 2.45) is 0 Å². The molecular weight excluding hydrogens is 328 g/mol. The molecule has 0 aliphatic carbocycles. The first-order valence-electron chi connectivity index (χ1n) is 7.48. The number of aromatic amines is 1. The number of hydrogen-bond acceptors (Lipinski definition) is 5. The summed E-state index contributed by atoms with van der Waals surface area (Å²) < 4.78 is 33.4. The molecule has 2 N–H and O–H groups in total. The zero-order valence-electron chi connectivity index (χ0n) is 13.4. The second kappa shape index (κ2) is 6.58. The van der Waals surface area contributed by atoms with Crippen LogP contribution in [0.25, 0.3) is 11.0 Å². The molecule has 0 saturated heterocycles. The molecule has 3 rings (SSSR count). The third kappa shape index (κ3) is 3.10. The molecule has 0 spiro atoms. The summed E-state index contributed by atoms with van der Waals surface area (Å²) in [7, 11) is -2.12. The summed E-state index contributed by atoms with van der Waals surface area (Å²) >= 11 is 0. The van der Waals surface area contributed by atoms with Gasteiger partial charge in [-0.25, -0.2) is 23.1 Å².